The second kappa shape index (κ2) is 6.24. The minimum atomic E-state index is 0.501. The normalized spacial score (nSPS) is 10.8. The van der Waals surface area contributed by atoms with Crippen LogP contribution in [0, 0.1) is 0 Å². The molecule has 106 valence electrons. The Labute approximate surface area is 131 Å². The Bertz CT molecular complexity index is 727. The van der Waals surface area contributed by atoms with Crippen LogP contribution >= 0.6 is 23.4 Å². The van der Waals surface area contributed by atoms with Gasteiger partial charge in [0.1, 0.15) is 5.15 Å². The van der Waals surface area contributed by atoms with Crippen LogP contribution in [-0.4, -0.2) is 24.7 Å². The van der Waals surface area contributed by atoms with E-state index in [0.717, 1.165) is 27.9 Å². The first-order valence-corrected chi connectivity index (χ1v) is 7.63. The maximum Gasteiger partial charge on any atom is 0.191 e. The molecule has 0 unspecified atom stereocenters. The van der Waals surface area contributed by atoms with Gasteiger partial charge in [-0.05, 0) is 23.8 Å². The number of rotatable bonds is 4. The van der Waals surface area contributed by atoms with Crippen LogP contribution in [0.25, 0.3) is 11.4 Å². The molecule has 21 heavy (non-hydrogen) atoms. The Morgan fingerprint density at radius 3 is 2.81 bits per heavy atom. The van der Waals surface area contributed by atoms with Crippen LogP contribution in [0.1, 0.15) is 5.56 Å². The van der Waals surface area contributed by atoms with E-state index in [0.29, 0.717) is 5.15 Å². The van der Waals surface area contributed by atoms with Gasteiger partial charge in [-0.1, -0.05) is 29.4 Å². The van der Waals surface area contributed by atoms with Crippen molar-refractivity contribution in [2.24, 2.45) is 7.05 Å². The molecule has 0 bridgehead atoms. The first kappa shape index (κ1) is 14.0. The van der Waals surface area contributed by atoms with Crippen LogP contribution in [0.4, 0.5) is 0 Å². The van der Waals surface area contributed by atoms with Crippen LogP contribution < -0.4 is 0 Å². The van der Waals surface area contributed by atoms with Crippen LogP contribution in [0.3, 0.4) is 0 Å². The van der Waals surface area contributed by atoms with Crippen LogP contribution in [0.2, 0.25) is 5.15 Å². The standard InChI is InChI=1S/C14H12ClN5S/c1-20-13(11-3-2-6-16-8-11)18-19-14(20)21-9-10-4-5-12(15)17-7-10/h2-8H,9H2,1H3. The predicted octanol–water partition coefficient (Wildman–Crippen LogP) is 3.22. The van der Waals surface area contributed by atoms with E-state index in [4.69, 9.17) is 11.6 Å². The SMILES string of the molecule is Cn1c(SCc2ccc(Cl)nc2)nnc1-c1cccnc1. The average Bonchev–Trinajstić information content (AvgIpc) is 2.89. The van der Waals surface area contributed by atoms with Gasteiger partial charge < -0.3 is 4.57 Å². The Morgan fingerprint density at radius 1 is 1.19 bits per heavy atom. The monoisotopic (exact) mass is 317 g/mol. The molecule has 0 fully saturated rings. The molecule has 0 saturated carbocycles. The van der Waals surface area contributed by atoms with Gasteiger partial charge in [-0.2, -0.15) is 0 Å². The van der Waals surface area contributed by atoms with Crippen molar-refractivity contribution in [3.63, 3.8) is 0 Å². The summed E-state index contributed by atoms with van der Waals surface area (Å²) >= 11 is 7.38. The summed E-state index contributed by atoms with van der Waals surface area (Å²) in [6, 6.07) is 7.60. The van der Waals surface area contributed by atoms with Crippen molar-refractivity contribution in [2.75, 3.05) is 0 Å². The molecule has 0 saturated heterocycles. The van der Waals surface area contributed by atoms with Crippen molar-refractivity contribution in [2.45, 2.75) is 10.9 Å². The van der Waals surface area contributed by atoms with Crippen molar-refractivity contribution in [1.29, 1.82) is 0 Å². The second-order valence-electron chi connectivity index (χ2n) is 4.38. The number of thioether (sulfide) groups is 1. The summed E-state index contributed by atoms with van der Waals surface area (Å²) in [7, 11) is 1.95. The number of halogens is 1. The van der Waals surface area contributed by atoms with Gasteiger partial charge in [0.2, 0.25) is 0 Å². The number of hydrogen-bond donors (Lipinski definition) is 0. The average molecular weight is 318 g/mol. The Hall–Kier alpha value is -1.92. The van der Waals surface area contributed by atoms with Gasteiger partial charge in [0.05, 0.1) is 0 Å². The van der Waals surface area contributed by atoms with Crippen LogP contribution in [-0.2, 0) is 12.8 Å². The molecule has 7 heteroatoms. The van der Waals surface area contributed by atoms with Gasteiger partial charge in [0.25, 0.3) is 0 Å². The van der Waals surface area contributed by atoms with Crippen LogP contribution in [0.15, 0.2) is 48.0 Å². The fourth-order valence-electron chi connectivity index (χ4n) is 1.83. The lowest BCUT2D eigenvalue weighted by molar-refractivity contribution is 0.793. The van der Waals surface area contributed by atoms with E-state index >= 15 is 0 Å². The minimum absolute atomic E-state index is 0.501. The fraction of sp³-hybridized carbons (Fsp3) is 0.143. The van der Waals surface area contributed by atoms with Gasteiger partial charge in [-0.15, -0.1) is 10.2 Å². The van der Waals surface area contributed by atoms with E-state index in [1.54, 1.807) is 36.4 Å². The first-order chi connectivity index (χ1) is 10.2. The summed E-state index contributed by atoms with van der Waals surface area (Å²) in [4.78, 5) is 8.17. The Kier molecular flexibility index (Phi) is 4.17. The van der Waals surface area contributed by atoms with Gasteiger partial charge in [-0.3, -0.25) is 4.98 Å². The Morgan fingerprint density at radius 2 is 2.10 bits per heavy atom. The summed E-state index contributed by atoms with van der Waals surface area (Å²) in [5, 5.41) is 9.81. The number of nitrogens with zero attached hydrogens (tertiary/aromatic N) is 5. The van der Waals surface area contributed by atoms with Gasteiger partial charge in [-0.25, -0.2) is 4.98 Å². The van der Waals surface area contributed by atoms with Gasteiger partial charge >= 0.3 is 0 Å². The van der Waals surface area contributed by atoms with E-state index in [-0.39, 0.29) is 0 Å². The third-order valence-corrected chi connectivity index (χ3v) is 4.23. The lowest BCUT2D eigenvalue weighted by Crippen LogP contribution is -1.95. The van der Waals surface area contributed by atoms with E-state index in [1.165, 1.54) is 0 Å². The number of hydrogen-bond acceptors (Lipinski definition) is 5. The molecule has 0 aromatic carbocycles. The highest BCUT2D eigenvalue weighted by Gasteiger charge is 2.11. The smallest absolute Gasteiger partial charge is 0.191 e. The van der Waals surface area contributed by atoms with Crippen molar-refractivity contribution < 1.29 is 0 Å². The largest absolute Gasteiger partial charge is 0.305 e. The van der Waals surface area contributed by atoms with Crippen molar-refractivity contribution >= 4 is 23.4 Å². The zero-order valence-corrected chi connectivity index (χ0v) is 12.8. The van der Waals surface area contributed by atoms with Gasteiger partial charge in [0, 0.05) is 37.0 Å². The molecule has 0 spiro atoms. The van der Waals surface area contributed by atoms with E-state index in [1.807, 2.05) is 29.8 Å². The molecule has 3 heterocycles. The van der Waals surface area contributed by atoms with E-state index < -0.39 is 0 Å². The second-order valence-corrected chi connectivity index (χ2v) is 5.71. The minimum Gasteiger partial charge on any atom is -0.305 e. The molecule has 0 N–H and O–H groups in total. The summed E-state index contributed by atoms with van der Waals surface area (Å²) in [6.07, 6.45) is 5.29. The molecule has 0 aliphatic rings. The highest BCUT2D eigenvalue weighted by molar-refractivity contribution is 7.98. The quantitative estimate of drug-likeness (QED) is 0.546. The first-order valence-electron chi connectivity index (χ1n) is 6.27. The molecule has 3 rings (SSSR count). The zero-order chi connectivity index (χ0) is 14.7. The predicted molar refractivity (Wildman–Crippen MR) is 83.0 cm³/mol. The molecule has 0 radical (unpaired) electrons. The Balaban J connectivity index is 1.75. The summed E-state index contributed by atoms with van der Waals surface area (Å²) in [6.45, 7) is 0. The van der Waals surface area contributed by atoms with Crippen LogP contribution in [0.5, 0.6) is 0 Å². The van der Waals surface area contributed by atoms with Crippen molar-refractivity contribution in [3.05, 3.63) is 53.6 Å². The fourth-order valence-corrected chi connectivity index (χ4v) is 2.78. The maximum atomic E-state index is 5.77. The maximum absolute atomic E-state index is 5.77. The van der Waals surface area contributed by atoms with E-state index in [9.17, 15) is 0 Å². The molecule has 0 amide bonds. The third-order valence-electron chi connectivity index (χ3n) is 2.91. The highest BCUT2D eigenvalue weighted by atomic mass is 35.5. The lowest BCUT2D eigenvalue weighted by Gasteiger charge is -2.03. The molecule has 0 aliphatic carbocycles. The molecule has 3 aromatic heterocycles. The zero-order valence-electron chi connectivity index (χ0n) is 11.3. The number of pyridine rings is 2. The summed E-state index contributed by atoms with van der Waals surface area (Å²) in [5.74, 6) is 1.57. The van der Waals surface area contributed by atoms with Crippen molar-refractivity contribution in [3.8, 4) is 11.4 Å². The molecule has 5 nitrogen and oxygen atoms in total. The molecular weight excluding hydrogens is 306 g/mol. The van der Waals surface area contributed by atoms with E-state index in [2.05, 4.69) is 20.2 Å². The van der Waals surface area contributed by atoms with Crippen molar-refractivity contribution in [1.82, 2.24) is 24.7 Å². The summed E-state index contributed by atoms with van der Waals surface area (Å²) in [5.41, 5.74) is 2.04. The highest BCUT2D eigenvalue weighted by Crippen LogP contribution is 2.24. The number of aromatic nitrogens is 5. The molecular formula is C14H12ClN5S. The third kappa shape index (κ3) is 3.22. The topological polar surface area (TPSA) is 56.5 Å². The molecule has 0 atom stereocenters. The summed E-state index contributed by atoms with van der Waals surface area (Å²) < 4.78 is 1.96. The van der Waals surface area contributed by atoms with Gasteiger partial charge in [0.15, 0.2) is 11.0 Å². The molecule has 3 aromatic rings. The lowest BCUT2D eigenvalue weighted by atomic mass is 10.3. The molecule has 0 aliphatic heterocycles.